The van der Waals surface area contributed by atoms with E-state index < -0.39 is 0 Å². The SMILES string of the molecule is COc1ccc(-c2cc3c(=O)n(CCOCCO)c(-c4ccc(OC)cc4)cn3n2)cc1. The molecule has 166 valence electrons. The normalized spacial score (nSPS) is 11.1. The summed E-state index contributed by atoms with van der Waals surface area (Å²) in [7, 11) is 3.23. The number of aliphatic hydroxyl groups excluding tert-OH is 1. The number of benzene rings is 2. The fraction of sp³-hybridized carbons (Fsp3) is 0.250. The molecule has 2 heterocycles. The summed E-state index contributed by atoms with van der Waals surface area (Å²) in [6.45, 7) is 0.815. The number of hydrogen-bond donors (Lipinski definition) is 1. The number of aromatic nitrogens is 3. The minimum Gasteiger partial charge on any atom is -0.497 e. The van der Waals surface area contributed by atoms with Crippen LogP contribution in [0.15, 0.2) is 65.6 Å². The number of methoxy groups -OCH3 is 2. The van der Waals surface area contributed by atoms with Gasteiger partial charge in [-0.2, -0.15) is 5.10 Å². The molecule has 4 rings (SSSR count). The molecule has 32 heavy (non-hydrogen) atoms. The Labute approximate surface area is 185 Å². The minimum atomic E-state index is -0.168. The van der Waals surface area contributed by atoms with E-state index in [9.17, 15) is 4.79 Å². The van der Waals surface area contributed by atoms with Crippen molar-refractivity contribution >= 4 is 5.52 Å². The van der Waals surface area contributed by atoms with Crippen molar-refractivity contribution in [2.45, 2.75) is 6.54 Å². The zero-order valence-electron chi connectivity index (χ0n) is 18.0. The van der Waals surface area contributed by atoms with Gasteiger partial charge in [0.05, 0.1) is 51.6 Å². The monoisotopic (exact) mass is 435 g/mol. The summed E-state index contributed by atoms with van der Waals surface area (Å²) in [5, 5.41) is 13.6. The zero-order valence-corrected chi connectivity index (χ0v) is 18.0. The smallest absolute Gasteiger partial charge is 0.277 e. The van der Waals surface area contributed by atoms with E-state index in [-0.39, 0.29) is 18.8 Å². The van der Waals surface area contributed by atoms with Crippen molar-refractivity contribution in [3.63, 3.8) is 0 Å². The molecule has 0 radical (unpaired) electrons. The summed E-state index contributed by atoms with van der Waals surface area (Å²) in [5.74, 6) is 1.49. The molecular formula is C24H25N3O5. The summed E-state index contributed by atoms with van der Waals surface area (Å²) >= 11 is 0. The van der Waals surface area contributed by atoms with Gasteiger partial charge < -0.3 is 23.9 Å². The van der Waals surface area contributed by atoms with Gasteiger partial charge in [0.25, 0.3) is 5.56 Å². The second-order valence-electron chi connectivity index (χ2n) is 7.12. The largest absolute Gasteiger partial charge is 0.497 e. The van der Waals surface area contributed by atoms with Crippen LogP contribution in [0.5, 0.6) is 11.5 Å². The van der Waals surface area contributed by atoms with Crippen molar-refractivity contribution in [3.05, 3.63) is 71.1 Å². The molecule has 0 aliphatic carbocycles. The average Bonchev–Trinajstić information content (AvgIpc) is 3.27. The molecule has 0 aliphatic heterocycles. The molecule has 0 amide bonds. The van der Waals surface area contributed by atoms with Crippen LogP contribution in [-0.4, -0.2) is 53.3 Å². The van der Waals surface area contributed by atoms with Gasteiger partial charge in [-0.15, -0.1) is 0 Å². The molecule has 2 aromatic heterocycles. The van der Waals surface area contributed by atoms with Crippen LogP contribution in [-0.2, 0) is 11.3 Å². The lowest BCUT2D eigenvalue weighted by molar-refractivity contribution is 0.0868. The van der Waals surface area contributed by atoms with Gasteiger partial charge >= 0.3 is 0 Å². The quantitative estimate of drug-likeness (QED) is 0.407. The summed E-state index contributed by atoms with van der Waals surface area (Å²) in [4.78, 5) is 13.4. The van der Waals surface area contributed by atoms with Crippen LogP contribution in [0.3, 0.4) is 0 Å². The highest BCUT2D eigenvalue weighted by atomic mass is 16.5. The molecule has 2 aromatic carbocycles. The molecule has 4 aromatic rings. The average molecular weight is 435 g/mol. The first-order valence-electron chi connectivity index (χ1n) is 10.3. The van der Waals surface area contributed by atoms with E-state index in [4.69, 9.17) is 19.3 Å². The molecule has 0 unspecified atom stereocenters. The van der Waals surface area contributed by atoms with Crippen molar-refractivity contribution in [3.8, 4) is 34.0 Å². The maximum Gasteiger partial charge on any atom is 0.277 e. The molecule has 0 saturated carbocycles. The highest BCUT2D eigenvalue weighted by molar-refractivity contribution is 5.68. The second-order valence-corrected chi connectivity index (χ2v) is 7.12. The van der Waals surface area contributed by atoms with E-state index in [1.807, 2.05) is 54.7 Å². The van der Waals surface area contributed by atoms with Crippen molar-refractivity contribution in [1.29, 1.82) is 0 Å². The van der Waals surface area contributed by atoms with Gasteiger partial charge in [0.15, 0.2) is 0 Å². The van der Waals surface area contributed by atoms with E-state index >= 15 is 0 Å². The van der Waals surface area contributed by atoms with Gasteiger partial charge in [-0.1, -0.05) is 0 Å². The first-order chi connectivity index (χ1) is 15.6. The highest BCUT2D eigenvalue weighted by Crippen LogP contribution is 2.25. The van der Waals surface area contributed by atoms with Gasteiger partial charge in [-0.3, -0.25) is 4.79 Å². The van der Waals surface area contributed by atoms with E-state index in [0.29, 0.717) is 30.1 Å². The molecule has 8 heteroatoms. The Kier molecular flexibility index (Phi) is 6.53. The Bertz CT molecular complexity index is 1240. The van der Waals surface area contributed by atoms with Crippen LogP contribution in [0.25, 0.3) is 28.0 Å². The first-order valence-corrected chi connectivity index (χ1v) is 10.3. The Morgan fingerprint density at radius 2 is 1.53 bits per heavy atom. The molecule has 0 bridgehead atoms. The van der Waals surface area contributed by atoms with Gasteiger partial charge in [-0.25, -0.2) is 4.52 Å². The fourth-order valence-electron chi connectivity index (χ4n) is 3.53. The third kappa shape index (κ3) is 4.37. The topological polar surface area (TPSA) is 87.2 Å². The van der Waals surface area contributed by atoms with Gasteiger partial charge in [0.1, 0.15) is 17.0 Å². The molecule has 0 saturated heterocycles. The Hall–Kier alpha value is -3.62. The highest BCUT2D eigenvalue weighted by Gasteiger charge is 2.15. The number of hydrogen-bond acceptors (Lipinski definition) is 6. The van der Waals surface area contributed by atoms with Gasteiger partial charge in [-0.05, 0) is 54.6 Å². The second kappa shape index (κ2) is 9.67. The predicted molar refractivity (Wildman–Crippen MR) is 121 cm³/mol. The van der Waals surface area contributed by atoms with E-state index in [1.165, 1.54) is 0 Å². The zero-order chi connectivity index (χ0) is 22.5. The van der Waals surface area contributed by atoms with Gasteiger partial charge in [0.2, 0.25) is 0 Å². The Balaban J connectivity index is 1.80. The summed E-state index contributed by atoms with van der Waals surface area (Å²) in [6, 6.07) is 16.8. The molecule has 0 spiro atoms. The van der Waals surface area contributed by atoms with Crippen molar-refractivity contribution < 1.29 is 19.3 Å². The molecule has 8 nitrogen and oxygen atoms in total. The van der Waals surface area contributed by atoms with Crippen LogP contribution in [0.2, 0.25) is 0 Å². The molecular weight excluding hydrogens is 410 g/mol. The van der Waals surface area contributed by atoms with Gasteiger partial charge in [0, 0.05) is 17.7 Å². The van der Waals surface area contributed by atoms with Crippen LogP contribution in [0.1, 0.15) is 0 Å². The van der Waals surface area contributed by atoms with Crippen LogP contribution in [0.4, 0.5) is 0 Å². The molecule has 0 aliphatic rings. The maximum atomic E-state index is 13.4. The number of rotatable bonds is 9. The lowest BCUT2D eigenvalue weighted by Gasteiger charge is -2.14. The van der Waals surface area contributed by atoms with Crippen molar-refractivity contribution in [2.75, 3.05) is 34.0 Å². The number of fused-ring (bicyclic) bond motifs is 1. The Morgan fingerprint density at radius 3 is 2.12 bits per heavy atom. The summed E-state index contributed by atoms with van der Waals surface area (Å²) < 4.78 is 19.2. The molecule has 0 atom stereocenters. The minimum absolute atomic E-state index is 0.0624. The fourth-order valence-corrected chi connectivity index (χ4v) is 3.53. The van der Waals surface area contributed by atoms with Crippen molar-refractivity contribution in [2.24, 2.45) is 0 Å². The number of nitrogens with zero attached hydrogens (tertiary/aromatic N) is 3. The lowest BCUT2D eigenvalue weighted by Crippen LogP contribution is -2.26. The van der Waals surface area contributed by atoms with Crippen molar-refractivity contribution in [1.82, 2.24) is 14.2 Å². The summed E-state index contributed by atoms with van der Waals surface area (Å²) in [5.41, 5.74) is 3.45. The molecule has 1 N–H and O–H groups in total. The lowest BCUT2D eigenvalue weighted by atomic mass is 10.1. The third-order valence-electron chi connectivity index (χ3n) is 5.20. The third-order valence-corrected chi connectivity index (χ3v) is 5.20. The first kappa shape index (κ1) is 21.6. The van der Waals surface area contributed by atoms with Crippen LogP contribution in [0, 0.1) is 0 Å². The standard InChI is InChI=1S/C24H25N3O5/c1-30-19-7-3-17(4-8-19)21-15-22-24(29)26(11-13-32-14-12-28)23(16-27(22)25-21)18-5-9-20(31-2)10-6-18/h3-10,15-16,28H,11-14H2,1-2H3. The van der Waals surface area contributed by atoms with Crippen LogP contribution >= 0.6 is 0 Å². The molecule has 0 fully saturated rings. The summed E-state index contributed by atoms with van der Waals surface area (Å²) in [6.07, 6.45) is 1.84. The Morgan fingerprint density at radius 1 is 0.906 bits per heavy atom. The maximum absolute atomic E-state index is 13.4. The van der Waals surface area contributed by atoms with E-state index in [2.05, 4.69) is 5.10 Å². The van der Waals surface area contributed by atoms with Crippen LogP contribution < -0.4 is 15.0 Å². The number of ether oxygens (including phenoxy) is 3. The predicted octanol–water partition coefficient (Wildman–Crippen LogP) is 2.86. The van der Waals surface area contributed by atoms with E-state index in [0.717, 1.165) is 22.6 Å². The van der Waals surface area contributed by atoms with E-state index in [1.54, 1.807) is 29.4 Å². The number of aliphatic hydroxyl groups is 1.